The fraction of sp³-hybridized carbons (Fsp3) is 0.111. The molecular formula is C18H15N3O4S. The van der Waals surface area contributed by atoms with Crippen LogP contribution >= 0.6 is 11.8 Å². The largest absolute Gasteiger partial charge is 0.478 e. The van der Waals surface area contributed by atoms with Gasteiger partial charge in [-0.15, -0.1) is 10.2 Å². The Hall–Kier alpha value is -3.13. The predicted molar refractivity (Wildman–Crippen MR) is 97.2 cm³/mol. The molecule has 0 aliphatic rings. The van der Waals surface area contributed by atoms with Crippen LogP contribution in [0.15, 0.2) is 58.2 Å². The Morgan fingerprint density at radius 2 is 1.96 bits per heavy atom. The number of para-hydroxylation sites is 1. The molecule has 0 spiro atoms. The normalized spacial score (nSPS) is 10.5. The number of aromatic carboxylic acids is 1. The molecule has 132 valence electrons. The van der Waals surface area contributed by atoms with Crippen LogP contribution in [0.5, 0.6) is 0 Å². The zero-order valence-corrected chi connectivity index (χ0v) is 14.6. The molecule has 0 bridgehead atoms. The molecule has 2 aromatic carbocycles. The summed E-state index contributed by atoms with van der Waals surface area (Å²) >= 11 is 1.08. The number of aromatic nitrogens is 2. The second-order valence-corrected chi connectivity index (χ2v) is 6.36. The van der Waals surface area contributed by atoms with Crippen molar-refractivity contribution < 1.29 is 19.1 Å². The quantitative estimate of drug-likeness (QED) is 0.641. The number of nitrogens with one attached hydrogen (secondary N) is 1. The number of rotatable bonds is 6. The lowest BCUT2D eigenvalue weighted by molar-refractivity contribution is -0.113. The average Bonchev–Trinajstić information content (AvgIpc) is 3.09. The molecule has 7 nitrogen and oxygen atoms in total. The molecule has 0 unspecified atom stereocenters. The van der Waals surface area contributed by atoms with Gasteiger partial charge in [0.1, 0.15) is 0 Å². The van der Waals surface area contributed by atoms with Crippen LogP contribution in [0.4, 0.5) is 5.69 Å². The van der Waals surface area contributed by atoms with Gasteiger partial charge in [0.25, 0.3) is 5.22 Å². The average molecular weight is 369 g/mol. The Morgan fingerprint density at radius 1 is 1.15 bits per heavy atom. The number of carboxylic acid groups (broad SMARTS) is 1. The highest BCUT2D eigenvalue weighted by molar-refractivity contribution is 7.99. The lowest BCUT2D eigenvalue weighted by atomic mass is 10.1. The lowest BCUT2D eigenvalue weighted by Crippen LogP contribution is -2.16. The zero-order valence-electron chi connectivity index (χ0n) is 13.8. The number of nitrogens with zero attached hydrogens (tertiary/aromatic N) is 2. The first-order valence-electron chi connectivity index (χ1n) is 7.68. The van der Waals surface area contributed by atoms with Crippen molar-refractivity contribution in [1.82, 2.24) is 10.2 Å². The van der Waals surface area contributed by atoms with Crippen LogP contribution in [-0.2, 0) is 4.79 Å². The van der Waals surface area contributed by atoms with Gasteiger partial charge in [0.2, 0.25) is 11.8 Å². The van der Waals surface area contributed by atoms with E-state index in [1.165, 1.54) is 12.1 Å². The van der Waals surface area contributed by atoms with Crippen molar-refractivity contribution in [2.75, 3.05) is 11.1 Å². The van der Waals surface area contributed by atoms with Crippen molar-refractivity contribution in [2.45, 2.75) is 12.1 Å². The van der Waals surface area contributed by atoms with E-state index in [2.05, 4.69) is 15.5 Å². The van der Waals surface area contributed by atoms with Crippen LogP contribution in [0, 0.1) is 6.92 Å². The van der Waals surface area contributed by atoms with Gasteiger partial charge in [0.15, 0.2) is 0 Å². The third kappa shape index (κ3) is 4.28. The minimum absolute atomic E-state index is 0.0173. The van der Waals surface area contributed by atoms with Crippen LogP contribution in [0.3, 0.4) is 0 Å². The molecule has 0 saturated carbocycles. The van der Waals surface area contributed by atoms with Crippen molar-refractivity contribution in [3.63, 3.8) is 0 Å². The Kier molecular flexibility index (Phi) is 5.33. The van der Waals surface area contributed by atoms with Crippen LogP contribution in [0.1, 0.15) is 15.9 Å². The molecular weight excluding hydrogens is 354 g/mol. The third-order valence-electron chi connectivity index (χ3n) is 3.43. The van der Waals surface area contributed by atoms with Gasteiger partial charge >= 0.3 is 5.97 Å². The smallest absolute Gasteiger partial charge is 0.337 e. The van der Waals surface area contributed by atoms with Crippen LogP contribution in [-0.4, -0.2) is 32.9 Å². The lowest BCUT2D eigenvalue weighted by Gasteiger charge is -2.07. The highest BCUT2D eigenvalue weighted by Gasteiger charge is 2.14. The number of benzene rings is 2. The van der Waals surface area contributed by atoms with Crippen LogP contribution < -0.4 is 5.32 Å². The molecule has 3 rings (SSSR count). The van der Waals surface area contributed by atoms with Crippen molar-refractivity contribution in [2.24, 2.45) is 0 Å². The molecule has 1 amide bonds. The number of carbonyl (C=O) groups is 2. The molecule has 1 heterocycles. The Morgan fingerprint density at radius 3 is 2.73 bits per heavy atom. The van der Waals surface area contributed by atoms with E-state index in [4.69, 9.17) is 9.52 Å². The van der Waals surface area contributed by atoms with Crippen LogP contribution in [0.25, 0.3) is 11.5 Å². The number of anilines is 1. The number of hydrogen-bond acceptors (Lipinski definition) is 6. The highest BCUT2D eigenvalue weighted by atomic mass is 32.2. The molecule has 0 saturated heterocycles. The van der Waals surface area contributed by atoms with Gasteiger partial charge in [-0.1, -0.05) is 41.6 Å². The first kappa shape index (κ1) is 17.7. The van der Waals surface area contributed by atoms with Gasteiger partial charge < -0.3 is 14.8 Å². The maximum atomic E-state index is 12.1. The number of amides is 1. The predicted octanol–water partition coefficient (Wildman–Crippen LogP) is 3.47. The third-order valence-corrected chi connectivity index (χ3v) is 4.25. The zero-order chi connectivity index (χ0) is 18.5. The molecule has 8 heteroatoms. The monoisotopic (exact) mass is 369 g/mol. The van der Waals surface area contributed by atoms with E-state index in [1.54, 1.807) is 12.1 Å². The van der Waals surface area contributed by atoms with E-state index < -0.39 is 5.97 Å². The molecule has 0 radical (unpaired) electrons. The molecule has 3 aromatic rings. The van der Waals surface area contributed by atoms with E-state index in [0.717, 1.165) is 22.9 Å². The summed E-state index contributed by atoms with van der Waals surface area (Å²) in [6.07, 6.45) is 0. The summed E-state index contributed by atoms with van der Waals surface area (Å²) in [5.41, 5.74) is 2.16. The fourth-order valence-electron chi connectivity index (χ4n) is 2.26. The summed E-state index contributed by atoms with van der Waals surface area (Å²) in [4.78, 5) is 23.2. The summed E-state index contributed by atoms with van der Waals surface area (Å²) in [6, 6.07) is 13.9. The molecule has 1 aromatic heterocycles. The molecule has 2 N–H and O–H groups in total. The molecule has 0 aliphatic heterocycles. The number of carboxylic acids is 1. The number of thioether (sulfide) groups is 1. The van der Waals surface area contributed by atoms with Crippen molar-refractivity contribution in [1.29, 1.82) is 0 Å². The van der Waals surface area contributed by atoms with Gasteiger partial charge in [0.05, 0.1) is 17.0 Å². The van der Waals surface area contributed by atoms with Gasteiger partial charge in [0, 0.05) is 5.56 Å². The van der Waals surface area contributed by atoms with Gasteiger partial charge in [-0.2, -0.15) is 0 Å². The second-order valence-electron chi connectivity index (χ2n) is 5.43. The van der Waals surface area contributed by atoms with Gasteiger partial charge in [-0.3, -0.25) is 4.79 Å². The highest BCUT2D eigenvalue weighted by Crippen LogP contribution is 2.24. The summed E-state index contributed by atoms with van der Waals surface area (Å²) in [6.45, 7) is 1.97. The minimum Gasteiger partial charge on any atom is -0.478 e. The first-order chi connectivity index (χ1) is 12.5. The minimum atomic E-state index is -1.10. The standard InChI is InChI=1S/C18H15N3O4S/c1-11-5-4-6-12(9-11)16-20-21-18(25-16)26-10-15(22)19-14-8-3-2-7-13(14)17(23)24/h2-9H,10H2,1H3,(H,19,22)(H,23,24). The van der Waals surface area contributed by atoms with Crippen molar-refractivity contribution in [3.05, 3.63) is 59.7 Å². The van der Waals surface area contributed by atoms with Crippen molar-refractivity contribution in [3.8, 4) is 11.5 Å². The van der Waals surface area contributed by atoms with Crippen molar-refractivity contribution >= 4 is 29.3 Å². The molecule has 0 aliphatic carbocycles. The van der Waals surface area contributed by atoms with E-state index in [1.807, 2.05) is 31.2 Å². The summed E-state index contributed by atoms with van der Waals surface area (Å²) in [5.74, 6) is -1.07. The Balaban J connectivity index is 1.61. The van der Waals surface area contributed by atoms with E-state index in [-0.39, 0.29) is 28.1 Å². The number of hydrogen-bond donors (Lipinski definition) is 2. The van der Waals surface area contributed by atoms with Crippen LogP contribution in [0.2, 0.25) is 0 Å². The maximum absolute atomic E-state index is 12.1. The summed E-state index contributed by atoms with van der Waals surface area (Å²) in [7, 11) is 0. The first-order valence-corrected chi connectivity index (χ1v) is 8.67. The molecule has 0 fully saturated rings. The fourth-order valence-corrected chi connectivity index (χ4v) is 2.82. The topological polar surface area (TPSA) is 105 Å². The number of carbonyl (C=O) groups excluding carboxylic acids is 1. The van der Waals surface area contributed by atoms with E-state index in [0.29, 0.717) is 5.89 Å². The van der Waals surface area contributed by atoms with E-state index >= 15 is 0 Å². The molecule has 26 heavy (non-hydrogen) atoms. The van der Waals surface area contributed by atoms with Gasteiger partial charge in [-0.25, -0.2) is 4.79 Å². The number of aryl methyl sites for hydroxylation is 1. The second kappa shape index (κ2) is 7.83. The maximum Gasteiger partial charge on any atom is 0.337 e. The summed E-state index contributed by atoms with van der Waals surface area (Å²) < 4.78 is 5.55. The Labute approximate surface area is 153 Å². The van der Waals surface area contributed by atoms with E-state index in [9.17, 15) is 9.59 Å². The summed E-state index contributed by atoms with van der Waals surface area (Å²) in [5, 5.41) is 19.9. The SMILES string of the molecule is Cc1cccc(-c2nnc(SCC(=O)Nc3ccccc3C(=O)O)o2)c1. The van der Waals surface area contributed by atoms with Gasteiger partial charge in [-0.05, 0) is 31.2 Å². The Bertz CT molecular complexity index is 955. The molecule has 0 atom stereocenters.